The highest BCUT2D eigenvalue weighted by Gasteiger charge is 2.22. The van der Waals surface area contributed by atoms with Crippen molar-refractivity contribution in [2.45, 2.75) is 79.1 Å². The molecule has 0 fully saturated rings. The molecule has 2 aromatic carbocycles. The third-order valence-corrected chi connectivity index (χ3v) is 5.66. The van der Waals surface area contributed by atoms with Crippen LogP contribution in [-0.4, -0.2) is 4.89 Å². The van der Waals surface area contributed by atoms with E-state index in [4.69, 9.17) is 9.05 Å². The van der Waals surface area contributed by atoms with Crippen LogP contribution in [-0.2, 0) is 0 Å². The minimum Gasteiger partial charge on any atom is -0.418 e. The highest BCUT2D eigenvalue weighted by molar-refractivity contribution is 7.41. The van der Waals surface area contributed by atoms with Crippen LogP contribution in [0, 0.1) is 0 Å². The van der Waals surface area contributed by atoms with Crippen molar-refractivity contribution >= 4 is 8.60 Å². The summed E-state index contributed by atoms with van der Waals surface area (Å²) in [7, 11) is -2.08. The first kappa shape index (κ1) is 22.7. The molecule has 2 rings (SSSR count). The van der Waals surface area contributed by atoms with Gasteiger partial charge in [0.05, 0.1) is 0 Å². The summed E-state index contributed by atoms with van der Waals surface area (Å²) < 4.78 is 11.9. The molecule has 0 spiro atoms. The van der Waals surface area contributed by atoms with Gasteiger partial charge in [-0.05, 0) is 46.9 Å². The van der Waals surface area contributed by atoms with Crippen molar-refractivity contribution in [3.05, 3.63) is 58.7 Å². The second-order valence-electron chi connectivity index (χ2n) is 8.56. The summed E-state index contributed by atoms with van der Waals surface area (Å²) in [5.41, 5.74) is 4.78. The predicted molar refractivity (Wildman–Crippen MR) is 120 cm³/mol. The molecule has 0 saturated carbocycles. The van der Waals surface area contributed by atoms with Crippen LogP contribution < -0.4 is 9.05 Å². The minimum atomic E-state index is -2.08. The Morgan fingerprint density at radius 1 is 0.607 bits per heavy atom. The van der Waals surface area contributed by atoms with Gasteiger partial charge in [-0.25, -0.2) is 0 Å². The van der Waals surface area contributed by atoms with Crippen LogP contribution in [0.3, 0.4) is 0 Å². The van der Waals surface area contributed by atoms with Crippen molar-refractivity contribution in [3.8, 4) is 11.5 Å². The maximum atomic E-state index is 10.6. The zero-order valence-corrected chi connectivity index (χ0v) is 19.4. The lowest BCUT2D eigenvalue weighted by Gasteiger charge is -2.23. The fraction of sp³-hybridized carbons (Fsp3) is 0.500. The van der Waals surface area contributed by atoms with Gasteiger partial charge in [-0.1, -0.05) is 79.7 Å². The smallest absolute Gasteiger partial charge is 0.418 e. The van der Waals surface area contributed by atoms with Crippen molar-refractivity contribution < 1.29 is 13.9 Å². The molecule has 3 nitrogen and oxygen atoms in total. The van der Waals surface area contributed by atoms with Gasteiger partial charge in [-0.3, -0.25) is 0 Å². The molecule has 1 N–H and O–H groups in total. The average molecular weight is 403 g/mol. The van der Waals surface area contributed by atoms with Gasteiger partial charge in [0.15, 0.2) is 0 Å². The van der Waals surface area contributed by atoms with Crippen LogP contribution in [0.25, 0.3) is 0 Å². The summed E-state index contributed by atoms with van der Waals surface area (Å²) >= 11 is 0. The third kappa shape index (κ3) is 5.27. The fourth-order valence-corrected chi connectivity index (χ4v) is 4.40. The van der Waals surface area contributed by atoms with E-state index in [9.17, 15) is 4.89 Å². The van der Waals surface area contributed by atoms with Crippen LogP contribution in [0.4, 0.5) is 0 Å². The molecule has 0 radical (unpaired) electrons. The minimum absolute atomic E-state index is 0.299. The average Bonchev–Trinajstić information content (AvgIpc) is 2.60. The van der Waals surface area contributed by atoms with Crippen molar-refractivity contribution in [2.24, 2.45) is 0 Å². The summed E-state index contributed by atoms with van der Waals surface area (Å²) in [5.74, 6) is 2.80. The summed E-state index contributed by atoms with van der Waals surface area (Å²) in [6, 6.07) is 12.1. The Kier molecular flexibility index (Phi) is 7.92. The monoisotopic (exact) mass is 402 g/mol. The van der Waals surface area contributed by atoms with E-state index in [2.05, 4.69) is 67.5 Å². The first-order valence-corrected chi connectivity index (χ1v) is 11.4. The molecular weight excluding hydrogens is 367 g/mol. The summed E-state index contributed by atoms with van der Waals surface area (Å²) in [5, 5.41) is 0. The zero-order chi connectivity index (χ0) is 21.0. The van der Waals surface area contributed by atoms with Crippen molar-refractivity contribution in [1.29, 1.82) is 0 Å². The molecular formula is C24H35O3P. The lowest BCUT2D eigenvalue weighted by Crippen LogP contribution is -2.05. The second kappa shape index (κ2) is 9.76. The Morgan fingerprint density at radius 2 is 0.964 bits per heavy atom. The molecule has 0 heterocycles. The number of benzene rings is 2. The van der Waals surface area contributed by atoms with Gasteiger partial charge in [-0.2, -0.15) is 0 Å². The van der Waals surface area contributed by atoms with Gasteiger partial charge < -0.3 is 13.9 Å². The maximum Gasteiger partial charge on any atom is 0.460 e. The number of hydrogen-bond acceptors (Lipinski definition) is 3. The molecule has 2 aromatic rings. The van der Waals surface area contributed by atoms with E-state index in [1.807, 2.05) is 24.3 Å². The van der Waals surface area contributed by atoms with Gasteiger partial charge in [0.2, 0.25) is 0 Å². The Hall–Kier alpha value is -1.57. The Balaban J connectivity index is 2.32. The normalized spacial score (nSPS) is 11.9. The molecule has 0 aliphatic heterocycles. The Labute approximate surface area is 172 Å². The second-order valence-corrected chi connectivity index (χ2v) is 9.40. The van der Waals surface area contributed by atoms with Gasteiger partial charge >= 0.3 is 8.60 Å². The molecule has 0 aliphatic rings. The standard InChI is InChI=1S/C24H35O3P/c1-15(2)19-11-9-13-21(23(19)17(5)6)26-28(25)27-22-14-10-12-20(16(3)4)24(22)18(7)8/h9-18,25H,1-8H3. The van der Waals surface area contributed by atoms with E-state index < -0.39 is 8.60 Å². The molecule has 0 aromatic heterocycles. The largest absolute Gasteiger partial charge is 0.460 e. The molecule has 0 unspecified atom stereocenters. The highest BCUT2D eigenvalue weighted by atomic mass is 31.2. The molecule has 0 aliphatic carbocycles. The van der Waals surface area contributed by atoms with E-state index >= 15 is 0 Å². The van der Waals surface area contributed by atoms with E-state index in [1.54, 1.807) is 0 Å². The number of hydrogen-bond donors (Lipinski definition) is 1. The van der Waals surface area contributed by atoms with Gasteiger partial charge in [0, 0.05) is 11.1 Å². The zero-order valence-electron chi connectivity index (χ0n) is 18.5. The Morgan fingerprint density at radius 3 is 1.25 bits per heavy atom. The predicted octanol–water partition coefficient (Wildman–Crippen LogP) is 7.86. The molecule has 4 heteroatoms. The molecule has 0 atom stereocenters. The van der Waals surface area contributed by atoms with E-state index in [-0.39, 0.29) is 0 Å². The number of rotatable bonds is 8. The van der Waals surface area contributed by atoms with Crippen molar-refractivity contribution in [2.75, 3.05) is 0 Å². The fourth-order valence-electron chi connectivity index (χ4n) is 3.71. The summed E-state index contributed by atoms with van der Waals surface area (Å²) in [4.78, 5) is 10.6. The van der Waals surface area contributed by atoms with E-state index in [0.29, 0.717) is 35.2 Å². The molecule has 154 valence electrons. The maximum absolute atomic E-state index is 10.6. The molecule has 28 heavy (non-hydrogen) atoms. The van der Waals surface area contributed by atoms with Gasteiger partial charge in [-0.15, -0.1) is 0 Å². The Bertz CT molecular complexity index is 716. The van der Waals surface area contributed by atoms with Crippen molar-refractivity contribution in [3.63, 3.8) is 0 Å². The first-order chi connectivity index (χ1) is 13.1. The van der Waals surface area contributed by atoms with Crippen LogP contribution in [0.2, 0.25) is 0 Å². The first-order valence-electron chi connectivity index (χ1n) is 10.2. The topological polar surface area (TPSA) is 38.7 Å². The summed E-state index contributed by atoms with van der Waals surface area (Å²) in [6.07, 6.45) is 0. The SMILES string of the molecule is CC(C)c1cccc(OP(O)Oc2cccc(C(C)C)c2C(C)C)c1C(C)C. The van der Waals surface area contributed by atoms with Gasteiger partial charge in [0.1, 0.15) is 11.5 Å². The highest BCUT2D eigenvalue weighted by Crippen LogP contribution is 2.44. The van der Waals surface area contributed by atoms with Crippen LogP contribution >= 0.6 is 8.60 Å². The van der Waals surface area contributed by atoms with Gasteiger partial charge in [0.25, 0.3) is 0 Å². The quantitative estimate of drug-likeness (QED) is 0.457. The van der Waals surface area contributed by atoms with Crippen LogP contribution in [0.15, 0.2) is 36.4 Å². The van der Waals surface area contributed by atoms with Crippen LogP contribution in [0.1, 0.15) is 101 Å². The van der Waals surface area contributed by atoms with E-state index in [0.717, 1.165) is 11.1 Å². The third-order valence-electron chi connectivity index (χ3n) is 4.95. The van der Waals surface area contributed by atoms with Crippen LogP contribution in [0.5, 0.6) is 11.5 Å². The lowest BCUT2D eigenvalue weighted by molar-refractivity contribution is 0.376. The summed E-state index contributed by atoms with van der Waals surface area (Å²) in [6.45, 7) is 17.3. The molecule has 0 saturated heterocycles. The van der Waals surface area contributed by atoms with Crippen molar-refractivity contribution in [1.82, 2.24) is 0 Å². The lowest BCUT2D eigenvalue weighted by atomic mass is 9.90. The molecule has 0 amide bonds. The van der Waals surface area contributed by atoms with E-state index in [1.165, 1.54) is 11.1 Å². The molecule has 0 bridgehead atoms.